The van der Waals surface area contributed by atoms with E-state index in [0.29, 0.717) is 24.0 Å². The zero-order chi connectivity index (χ0) is 14.5. The van der Waals surface area contributed by atoms with Crippen LogP contribution in [0.3, 0.4) is 0 Å². The lowest BCUT2D eigenvalue weighted by Gasteiger charge is -2.09. The van der Waals surface area contributed by atoms with E-state index in [2.05, 4.69) is 18.9 Å². The summed E-state index contributed by atoms with van der Waals surface area (Å²) < 4.78 is 20.8. The van der Waals surface area contributed by atoms with Crippen LogP contribution in [-0.2, 0) is 12.5 Å². The molecule has 0 spiro atoms. The average Bonchev–Trinajstić information content (AvgIpc) is 2.92. The van der Waals surface area contributed by atoms with Crippen LogP contribution in [0.25, 0.3) is 0 Å². The van der Waals surface area contributed by atoms with Crippen molar-refractivity contribution in [1.29, 1.82) is 0 Å². The number of benzene rings is 1. The molecule has 0 aliphatic rings. The Hall–Kier alpha value is -1.55. The summed E-state index contributed by atoms with van der Waals surface area (Å²) in [5.41, 5.74) is 1.52. The maximum absolute atomic E-state index is 13.3. The van der Waals surface area contributed by atoms with Gasteiger partial charge in [0.25, 0.3) is 0 Å². The summed E-state index contributed by atoms with van der Waals surface area (Å²) in [6.45, 7) is 4.54. The summed E-state index contributed by atoms with van der Waals surface area (Å²) in [5, 5.41) is 4.43. The van der Waals surface area contributed by atoms with E-state index in [1.807, 2.05) is 16.9 Å². The minimum atomic E-state index is -0.344. The van der Waals surface area contributed by atoms with Gasteiger partial charge >= 0.3 is 0 Å². The SMILES string of the molecule is CCC(C)n1ccc(COc2cc(F)cc(CCl)c2)n1. The molecule has 108 valence electrons. The summed E-state index contributed by atoms with van der Waals surface area (Å²) in [4.78, 5) is 0. The molecule has 0 bridgehead atoms. The first-order valence-corrected chi connectivity index (χ1v) is 7.18. The first kappa shape index (κ1) is 14.9. The van der Waals surface area contributed by atoms with E-state index in [0.717, 1.165) is 12.1 Å². The van der Waals surface area contributed by atoms with Gasteiger partial charge in [-0.1, -0.05) is 6.92 Å². The third-order valence-electron chi connectivity index (χ3n) is 3.18. The molecule has 0 saturated carbocycles. The van der Waals surface area contributed by atoms with Crippen LogP contribution >= 0.6 is 11.6 Å². The van der Waals surface area contributed by atoms with Gasteiger partial charge in [0.05, 0.1) is 5.69 Å². The van der Waals surface area contributed by atoms with Gasteiger partial charge < -0.3 is 4.74 Å². The number of aromatic nitrogens is 2. The van der Waals surface area contributed by atoms with Crippen LogP contribution in [0.1, 0.15) is 37.6 Å². The number of ether oxygens (including phenoxy) is 1. The van der Waals surface area contributed by atoms with Gasteiger partial charge in [0.1, 0.15) is 18.2 Å². The first-order valence-electron chi connectivity index (χ1n) is 6.64. The van der Waals surface area contributed by atoms with Crippen molar-refractivity contribution < 1.29 is 9.13 Å². The quantitative estimate of drug-likeness (QED) is 0.743. The summed E-state index contributed by atoms with van der Waals surface area (Å²) in [7, 11) is 0. The van der Waals surface area contributed by atoms with Gasteiger partial charge in [-0.3, -0.25) is 4.68 Å². The van der Waals surface area contributed by atoms with Crippen molar-refractivity contribution >= 4 is 11.6 Å². The van der Waals surface area contributed by atoms with Crippen molar-refractivity contribution in [2.75, 3.05) is 0 Å². The molecule has 1 atom stereocenters. The monoisotopic (exact) mass is 296 g/mol. The molecule has 0 amide bonds. The van der Waals surface area contributed by atoms with Crippen LogP contribution in [0.2, 0.25) is 0 Å². The number of nitrogens with zero attached hydrogens (tertiary/aromatic N) is 2. The second kappa shape index (κ2) is 6.75. The molecule has 1 unspecified atom stereocenters. The van der Waals surface area contributed by atoms with Crippen molar-refractivity contribution in [3.8, 4) is 5.75 Å². The molecule has 2 aromatic rings. The molecule has 1 heterocycles. The number of hydrogen-bond acceptors (Lipinski definition) is 2. The topological polar surface area (TPSA) is 27.1 Å². The van der Waals surface area contributed by atoms with Crippen LogP contribution in [0.4, 0.5) is 4.39 Å². The number of alkyl halides is 1. The molecule has 20 heavy (non-hydrogen) atoms. The minimum Gasteiger partial charge on any atom is -0.487 e. The summed E-state index contributed by atoms with van der Waals surface area (Å²) in [6.07, 6.45) is 2.95. The zero-order valence-electron chi connectivity index (χ0n) is 11.6. The van der Waals surface area contributed by atoms with E-state index in [1.165, 1.54) is 12.1 Å². The number of hydrogen-bond donors (Lipinski definition) is 0. The molecule has 0 fully saturated rings. The Bertz CT molecular complexity index is 571. The van der Waals surface area contributed by atoms with E-state index < -0.39 is 0 Å². The third-order valence-corrected chi connectivity index (χ3v) is 3.49. The maximum atomic E-state index is 13.3. The lowest BCUT2D eigenvalue weighted by molar-refractivity contribution is 0.296. The molecule has 0 aliphatic heterocycles. The Labute approximate surface area is 123 Å². The Morgan fingerprint density at radius 1 is 1.40 bits per heavy atom. The molecule has 0 aliphatic carbocycles. The van der Waals surface area contributed by atoms with Gasteiger partial charge in [-0.05, 0) is 37.1 Å². The molecule has 0 saturated heterocycles. The highest BCUT2D eigenvalue weighted by atomic mass is 35.5. The maximum Gasteiger partial charge on any atom is 0.132 e. The zero-order valence-corrected chi connectivity index (χ0v) is 12.4. The van der Waals surface area contributed by atoms with E-state index in [4.69, 9.17) is 16.3 Å². The van der Waals surface area contributed by atoms with E-state index in [-0.39, 0.29) is 11.7 Å². The lowest BCUT2D eigenvalue weighted by atomic mass is 10.2. The highest BCUT2D eigenvalue weighted by Gasteiger charge is 2.06. The predicted molar refractivity (Wildman–Crippen MR) is 77.5 cm³/mol. The lowest BCUT2D eigenvalue weighted by Crippen LogP contribution is -2.05. The fourth-order valence-corrected chi connectivity index (χ4v) is 1.98. The first-order chi connectivity index (χ1) is 9.62. The summed E-state index contributed by atoms with van der Waals surface area (Å²) in [6, 6.07) is 6.76. The van der Waals surface area contributed by atoms with Gasteiger partial charge in [0.15, 0.2) is 0 Å². The molecule has 5 heteroatoms. The Balaban J connectivity index is 2.01. The second-order valence-corrected chi connectivity index (χ2v) is 5.03. The minimum absolute atomic E-state index is 0.261. The van der Waals surface area contributed by atoms with Crippen LogP contribution in [-0.4, -0.2) is 9.78 Å². The second-order valence-electron chi connectivity index (χ2n) is 4.76. The fraction of sp³-hybridized carbons (Fsp3) is 0.400. The molecule has 1 aromatic carbocycles. The Morgan fingerprint density at radius 2 is 2.20 bits per heavy atom. The van der Waals surface area contributed by atoms with Gasteiger partial charge in [-0.2, -0.15) is 5.10 Å². The highest BCUT2D eigenvalue weighted by molar-refractivity contribution is 6.17. The van der Waals surface area contributed by atoms with Crippen LogP contribution in [0.15, 0.2) is 30.5 Å². The standard InChI is InChI=1S/C15H18ClFN2O/c1-3-11(2)19-5-4-14(18-19)10-20-15-7-12(9-16)6-13(17)8-15/h4-8,11H,3,9-10H2,1-2H3. The highest BCUT2D eigenvalue weighted by Crippen LogP contribution is 2.19. The van der Waals surface area contributed by atoms with E-state index in [1.54, 1.807) is 6.07 Å². The Morgan fingerprint density at radius 3 is 2.90 bits per heavy atom. The normalized spacial score (nSPS) is 12.4. The molecular weight excluding hydrogens is 279 g/mol. The third kappa shape index (κ3) is 3.73. The fourth-order valence-electron chi connectivity index (χ4n) is 1.83. The molecule has 0 N–H and O–H groups in total. The summed E-state index contributed by atoms with van der Waals surface area (Å²) in [5.74, 6) is 0.388. The largest absolute Gasteiger partial charge is 0.487 e. The molecule has 0 radical (unpaired) electrons. The predicted octanol–water partition coefficient (Wildman–Crippen LogP) is 4.31. The van der Waals surface area contributed by atoms with Crippen LogP contribution in [0.5, 0.6) is 5.75 Å². The molecular formula is C15H18ClFN2O. The molecule has 2 rings (SSSR count). The van der Waals surface area contributed by atoms with Crippen LogP contribution in [0, 0.1) is 5.82 Å². The smallest absolute Gasteiger partial charge is 0.132 e. The van der Waals surface area contributed by atoms with Gasteiger partial charge in [0.2, 0.25) is 0 Å². The van der Waals surface area contributed by atoms with Crippen molar-refractivity contribution in [3.63, 3.8) is 0 Å². The van der Waals surface area contributed by atoms with Gasteiger partial charge in [-0.25, -0.2) is 4.39 Å². The number of rotatable bonds is 6. The number of halogens is 2. The van der Waals surface area contributed by atoms with Crippen molar-refractivity contribution in [2.45, 2.75) is 38.8 Å². The molecule has 3 nitrogen and oxygen atoms in total. The Kier molecular flexibility index (Phi) is 5.01. The van der Waals surface area contributed by atoms with Crippen molar-refractivity contribution in [2.24, 2.45) is 0 Å². The molecule has 1 aromatic heterocycles. The van der Waals surface area contributed by atoms with Crippen molar-refractivity contribution in [3.05, 3.63) is 47.5 Å². The van der Waals surface area contributed by atoms with Gasteiger partial charge in [-0.15, -0.1) is 11.6 Å². The summed E-state index contributed by atoms with van der Waals surface area (Å²) >= 11 is 5.70. The van der Waals surface area contributed by atoms with Gasteiger partial charge in [0, 0.05) is 24.2 Å². The van der Waals surface area contributed by atoms with Crippen LogP contribution < -0.4 is 4.74 Å². The van der Waals surface area contributed by atoms with Crippen molar-refractivity contribution in [1.82, 2.24) is 9.78 Å². The van der Waals surface area contributed by atoms with E-state index in [9.17, 15) is 4.39 Å². The average molecular weight is 297 g/mol. The van der Waals surface area contributed by atoms with E-state index >= 15 is 0 Å².